The lowest BCUT2D eigenvalue weighted by Gasteiger charge is -2.45. The predicted molar refractivity (Wildman–Crippen MR) is 590 cm³/mol. The van der Waals surface area contributed by atoms with E-state index < -0.39 is 39.7 Å². The van der Waals surface area contributed by atoms with E-state index in [9.17, 15) is 39.9 Å². The third-order valence-electron chi connectivity index (χ3n) is 22.3. The molecule has 0 N–H and O–H groups in total. The van der Waals surface area contributed by atoms with Crippen LogP contribution in [-0.2, 0) is 15.7 Å². The summed E-state index contributed by atoms with van der Waals surface area (Å²) in [4.78, 5) is 11.1. The molecule has 0 aliphatic heterocycles. The minimum Gasteiger partial charge on any atom is -0.465 e. The maximum absolute atomic E-state index is 12.5. The molecular weight excluding hydrogens is 1760 g/mol. The lowest BCUT2D eigenvalue weighted by Crippen LogP contribution is -2.60. The molecule has 2 aliphatic carbocycles. The normalized spacial score (nSPS) is 13.5. The highest BCUT2D eigenvalue weighted by molar-refractivity contribution is 6.68. The molecule has 5 aromatic rings. The standard InChI is InChI=1S/C11H14O2.C10H11F3.2C10H14.C9H12.C8H16.C8H18.C7H13Cl3.C7H10F4.C7H16.C6H14O.2C6H14.C6H12.C5H11F.C5H8/c1-8(2)9-4-6-10(7-5-9)11(12)13-3;1-7(2)8-4-3-5-9(6-8)10(11,12)13;1-8(2)10-6-4-9(3)5-7-10;1-8(2)10-6-4-5-9(3)7-10;1-8(2)9-6-4-3-5-7-9;1-7(2)8-5-3-4-6-8;1-7(2)6-8(3,4)5;1-5(2)6(3,4)7(8,9)10;1-4(2)5-3-6(8,9)7(5,10)11;1-6(2)5-7(3)4;1-6(2)4-5-7-3;1-5(2)6(3)4;2*1-4-5-6(2)3;1-5(2)3-4-6;1-4-5(2)3/h4-8H,1-3H3;3-7H,1-2H3;2*4-8H,1-3H3;3-8H,1-2H3;7-8H,3-6H2,1-2H3;7H,6H2,1-5H3;5H,1-4H3;4-5H,3H2,1-2H3;6-7H,5H2,1-4H3;6H,4-5H2,1-3H3;5-6H,1-4H3;6H,4-5H2,1-3H3;4,6H,1,5H2,2-3H3;5H,3-4H2,1-2H3;1,5H,2-3H3. The smallest absolute Gasteiger partial charge is 0.416 e. The Morgan fingerprint density at radius 1 is 0.489 bits per heavy atom. The third-order valence-corrected chi connectivity index (χ3v) is 23.7. The van der Waals surface area contributed by atoms with Gasteiger partial charge >= 0.3 is 24.0 Å². The number of aryl methyl sites for hydroxylation is 2. The van der Waals surface area contributed by atoms with E-state index in [1.54, 1.807) is 25.3 Å². The van der Waals surface area contributed by atoms with Gasteiger partial charge in [-0.1, -0.05) is 491 Å². The number of carbonyl (C=O) groups excluding carboxylic acids is 1. The van der Waals surface area contributed by atoms with Crippen molar-refractivity contribution in [2.24, 2.45) is 99.6 Å². The first-order chi connectivity index (χ1) is 61.6. The van der Waals surface area contributed by atoms with Crippen molar-refractivity contribution in [1.82, 2.24) is 0 Å². The Morgan fingerprint density at radius 2 is 0.867 bits per heavy atom. The number of ether oxygens (including phenoxy) is 2. The number of rotatable bonds is 22. The van der Waals surface area contributed by atoms with Crippen molar-refractivity contribution in [3.8, 4) is 12.3 Å². The first kappa shape index (κ1) is 148. The monoisotopic (exact) mass is 1970 g/mol. The fraction of sp³-hybridized carbons (Fsp3) is 0.711. The van der Waals surface area contributed by atoms with Crippen molar-refractivity contribution in [1.29, 1.82) is 0 Å². The highest BCUT2D eigenvalue weighted by Crippen LogP contribution is 2.58. The largest absolute Gasteiger partial charge is 0.465 e. The SMILES string of the molecule is C#CC(C)C.C=CCC(C)C.CC(C)C(C)(C)C(Cl)(Cl)Cl.CC(C)C(C)C.CC(C)C1CC(F)(F)C1(F)F.CC(C)C1CCCC1.CC(C)CC(C)(C)C.CC(C)CC(C)C.CC(C)CCF.CC(C)c1cccc(C(F)(F)F)c1.CC(C)c1ccccc1.CCCC(C)C.COC(=O)c1ccc(C(C)C)cc1.COCCC(C)C.Cc1ccc(C(C)C)cc1.Cc1cccc(C(C)C)c1. The van der Waals surface area contributed by atoms with E-state index in [1.165, 1.54) is 124 Å². The Bertz CT molecular complexity index is 3500. The lowest BCUT2D eigenvalue weighted by molar-refractivity contribution is -0.322. The molecule has 135 heavy (non-hydrogen) atoms. The molecule has 0 saturated heterocycles. The second-order valence-corrected chi connectivity index (χ2v) is 46.7. The molecule has 0 bridgehead atoms. The second-order valence-electron chi connectivity index (χ2n) is 44.4. The van der Waals surface area contributed by atoms with Crippen LogP contribution >= 0.6 is 34.8 Å². The molecule has 1 unspecified atom stereocenters. The minimum absolute atomic E-state index is 0.127. The zero-order valence-electron chi connectivity index (χ0n) is 95.3. The molecule has 0 aromatic heterocycles. The summed E-state index contributed by atoms with van der Waals surface area (Å²) >= 11 is 17.3. The van der Waals surface area contributed by atoms with Gasteiger partial charge in [0.1, 0.15) is 0 Å². The Hall–Kier alpha value is -4.86. The molecule has 0 radical (unpaired) electrons. The average molecular weight is 1970 g/mol. The summed E-state index contributed by atoms with van der Waals surface area (Å²) in [6.45, 7) is 98.5. The van der Waals surface area contributed by atoms with Gasteiger partial charge in [0.05, 0.1) is 24.9 Å². The number of allylic oxidation sites excluding steroid dienone is 1. The van der Waals surface area contributed by atoms with Gasteiger partial charge < -0.3 is 9.47 Å². The fourth-order valence-corrected chi connectivity index (χ4v) is 12.6. The fourth-order valence-electron chi connectivity index (χ4n) is 12.0. The quantitative estimate of drug-likeness (QED) is 0.0228. The molecule has 0 amide bonds. The van der Waals surface area contributed by atoms with Crippen LogP contribution in [0.1, 0.15) is 452 Å². The second kappa shape index (κ2) is 82.7. The van der Waals surface area contributed by atoms with Gasteiger partial charge in [-0.05, 0) is 204 Å². The summed E-state index contributed by atoms with van der Waals surface area (Å²) in [5.41, 5.74) is 9.19. The van der Waals surface area contributed by atoms with Crippen molar-refractivity contribution in [2.45, 2.75) is 433 Å². The Morgan fingerprint density at radius 3 is 1.04 bits per heavy atom. The van der Waals surface area contributed by atoms with Crippen LogP contribution in [0, 0.1) is 126 Å². The van der Waals surface area contributed by atoms with Gasteiger partial charge in [0.25, 0.3) is 0 Å². The van der Waals surface area contributed by atoms with Crippen molar-refractivity contribution in [3.05, 3.63) is 190 Å². The maximum Gasteiger partial charge on any atom is 0.416 e. The number of terminal acetylenes is 1. The number of hydrogen-bond acceptors (Lipinski definition) is 3. The van der Waals surface area contributed by atoms with E-state index in [1.807, 2.05) is 93.5 Å². The zero-order valence-corrected chi connectivity index (χ0v) is 97.6. The van der Waals surface area contributed by atoms with Crippen LogP contribution in [-0.4, -0.2) is 49.1 Å². The molecule has 790 valence electrons. The molecule has 0 spiro atoms. The molecule has 14 heteroatoms. The zero-order chi connectivity index (χ0) is 108. The van der Waals surface area contributed by atoms with Crippen LogP contribution in [0.15, 0.2) is 140 Å². The van der Waals surface area contributed by atoms with E-state index >= 15 is 0 Å². The van der Waals surface area contributed by atoms with Gasteiger partial charge in [0.2, 0.25) is 0 Å². The molecule has 2 aliphatic rings. The van der Waals surface area contributed by atoms with Crippen LogP contribution in [0.5, 0.6) is 0 Å². The first-order valence-electron chi connectivity index (χ1n) is 51.1. The first-order valence-corrected chi connectivity index (χ1v) is 52.2. The van der Waals surface area contributed by atoms with Gasteiger partial charge in [-0.15, -0.1) is 18.9 Å². The van der Waals surface area contributed by atoms with Crippen molar-refractivity contribution < 1.29 is 49.4 Å². The molecular formula is C121H211Cl3F8O3. The summed E-state index contributed by atoms with van der Waals surface area (Å²) < 4.78 is 106. The Labute approximate surface area is 847 Å². The van der Waals surface area contributed by atoms with Gasteiger partial charge in [0.15, 0.2) is 3.79 Å². The molecule has 2 fully saturated rings. The van der Waals surface area contributed by atoms with Crippen molar-refractivity contribution >= 4 is 40.8 Å². The van der Waals surface area contributed by atoms with Crippen LogP contribution in [0.25, 0.3) is 0 Å². The van der Waals surface area contributed by atoms with Gasteiger partial charge in [-0.2, -0.15) is 30.7 Å². The van der Waals surface area contributed by atoms with Gasteiger partial charge in [0, 0.05) is 37.4 Å². The highest BCUT2D eigenvalue weighted by Gasteiger charge is 2.72. The van der Waals surface area contributed by atoms with E-state index in [0.29, 0.717) is 58.8 Å². The Balaban J connectivity index is -0.000000181. The number of hydrogen-bond donors (Lipinski definition) is 0. The number of methoxy groups -OCH3 is 2. The summed E-state index contributed by atoms with van der Waals surface area (Å²) in [6, 6.07) is 40.8. The van der Waals surface area contributed by atoms with Gasteiger partial charge in [-0.3, -0.25) is 4.39 Å². The molecule has 5 aromatic carbocycles. The van der Waals surface area contributed by atoms with E-state index in [2.05, 4.69) is 312 Å². The third kappa shape index (κ3) is 89.0. The summed E-state index contributed by atoms with van der Waals surface area (Å²) in [7, 11) is 3.13. The van der Waals surface area contributed by atoms with Crippen LogP contribution in [0.2, 0.25) is 0 Å². The summed E-state index contributed by atoms with van der Waals surface area (Å²) in [5, 5.41) is 0. The van der Waals surface area contributed by atoms with E-state index in [4.69, 9.17) is 46.0 Å². The van der Waals surface area contributed by atoms with E-state index in [-0.39, 0.29) is 29.9 Å². The number of alkyl halides is 11. The Kier molecular flexibility index (Phi) is 90.6. The number of halogens is 11. The van der Waals surface area contributed by atoms with Crippen LogP contribution in [0.3, 0.4) is 0 Å². The van der Waals surface area contributed by atoms with Crippen LogP contribution in [0.4, 0.5) is 35.1 Å². The van der Waals surface area contributed by atoms with Crippen LogP contribution < -0.4 is 0 Å². The molecule has 3 nitrogen and oxygen atoms in total. The topological polar surface area (TPSA) is 35.5 Å². The van der Waals surface area contributed by atoms with Gasteiger partial charge in [-0.25, -0.2) is 4.79 Å². The molecule has 1 atom stereocenters. The molecule has 7 rings (SSSR count). The van der Waals surface area contributed by atoms with E-state index in [0.717, 1.165) is 83.8 Å². The lowest BCUT2D eigenvalue weighted by atomic mass is 9.70. The number of esters is 1. The minimum atomic E-state index is -4.23. The summed E-state index contributed by atoms with van der Waals surface area (Å²) in [5.74, 6) is 5.83. The van der Waals surface area contributed by atoms with Crippen molar-refractivity contribution in [2.75, 3.05) is 27.5 Å². The van der Waals surface area contributed by atoms with Crippen molar-refractivity contribution in [3.63, 3.8) is 0 Å². The maximum atomic E-state index is 12.5. The highest BCUT2D eigenvalue weighted by atomic mass is 35.6. The molecule has 2 saturated carbocycles. The summed E-state index contributed by atoms with van der Waals surface area (Å²) in [6.07, 6.45) is 16.4. The molecule has 0 heterocycles. The predicted octanol–water partition coefficient (Wildman–Crippen LogP) is 43.0. The number of benzene rings is 5. The number of carbonyl (C=O) groups is 1. The average Bonchev–Trinajstić information content (AvgIpc) is 0.934.